The molecule has 0 spiro atoms. The van der Waals surface area contributed by atoms with Crippen molar-refractivity contribution in [3.05, 3.63) is 53.6 Å². The van der Waals surface area contributed by atoms with Crippen LogP contribution >= 0.6 is 0 Å². The van der Waals surface area contributed by atoms with Gasteiger partial charge in [0.15, 0.2) is 0 Å². The largest absolute Gasteiger partial charge is 0.398 e. The van der Waals surface area contributed by atoms with E-state index in [-0.39, 0.29) is 0 Å². The van der Waals surface area contributed by atoms with Gasteiger partial charge in [-0.2, -0.15) is 0 Å². The number of hydrogen-bond acceptors (Lipinski definition) is 5. The number of methoxy groups -OCH3 is 2. The Balaban J connectivity index is 2.15. The highest BCUT2D eigenvalue weighted by Crippen LogP contribution is 2.24. The van der Waals surface area contributed by atoms with Gasteiger partial charge in [-0.1, -0.05) is 29.5 Å². The maximum Gasteiger partial charge on any atom is 0.0929 e. The normalized spacial score (nSPS) is 11.0. The van der Waals surface area contributed by atoms with Crippen LogP contribution in [0.5, 0.6) is 0 Å². The van der Waals surface area contributed by atoms with Crippen LogP contribution in [0.3, 0.4) is 0 Å². The lowest BCUT2D eigenvalue weighted by Crippen LogP contribution is -2.01. The van der Waals surface area contributed by atoms with Gasteiger partial charge in [-0.05, 0) is 18.2 Å². The van der Waals surface area contributed by atoms with Crippen LogP contribution in [0, 0.1) is 0 Å². The molecule has 0 amide bonds. The molecule has 22 heavy (non-hydrogen) atoms. The molecular weight excluding hydrogens is 280 g/mol. The Morgan fingerprint density at radius 2 is 1.77 bits per heavy atom. The van der Waals surface area contributed by atoms with Crippen molar-refractivity contribution < 1.29 is 9.47 Å². The summed E-state index contributed by atoms with van der Waals surface area (Å²) in [6, 6.07) is 13.2. The summed E-state index contributed by atoms with van der Waals surface area (Å²) in [5, 5.41) is 8.25. The van der Waals surface area contributed by atoms with Crippen molar-refractivity contribution in [2.24, 2.45) is 10.3 Å². The maximum atomic E-state index is 5.95. The third kappa shape index (κ3) is 4.03. The van der Waals surface area contributed by atoms with Crippen molar-refractivity contribution in [1.29, 1.82) is 0 Å². The molecule has 0 fully saturated rings. The van der Waals surface area contributed by atoms with E-state index in [0.717, 1.165) is 22.5 Å². The van der Waals surface area contributed by atoms with Crippen molar-refractivity contribution in [3.63, 3.8) is 0 Å². The summed E-state index contributed by atoms with van der Waals surface area (Å²) in [5.41, 5.74) is 12.9. The Bertz CT molecular complexity index is 644. The van der Waals surface area contributed by atoms with Crippen LogP contribution in [0.2, 0.25) is 0 Å². The SMILES string of the molecule is COCc1ccccc1N=NNc1cccc(N)c1COC. The average molecular weight is 300 g/mol. The second-order valence-corrected chi connectivity index (χ2v) is 4.68. The molecule has 0 saturated carbocycles. The number of nitrogens with one attached hydrogen (secondary N) is 1. The van der Waals surface area contributed by atoms with E-state index in [1.54, 1.807) is 14.2 Å². The summed E-state index contributed by atoms with van der Waals surface area (Å²) in [7, 11) is 3.27. The van der Waals surface area contributed by atoms with Gasteiger partial charge in [0.25, 0.3) is 0 Å². The second-order valence-electron chi connectivity index (χ2n) is 4.68. The van der Waals surface area contributed by atoms with E-state index in [9.17, 15) is 0 Å². The van der Waals surface area contributed by atoms with Crippen molar-refractivity contribution in [3.8, 4) is 0 Å². The smallest absolute Gasteiger partial charge is 0.0929 e. The molecule has 0 radical (unpaired) electrons. The molecule has 0 unspecified atom stereocenters. The van der Waals surface area contributed by atoms with Crippen molar-refractivity contribution in [1.82, 2.24) is 0 Å². The van der Waals surface area contributed by atoms with Crippen LogP contribution in [-0.4, -0.2) is 14.2 Å². The number of nitrogen functional groups attached to an aromatic ring is 1. The molecule has 0 aliphatic heterocycles. The molecule has 6 heteroatoms. The first-order valence-electron chi connectivity index (χ1n) is 6.86. The minimum atomic E-state index is 0.408. The molecule has 116 valence electrons. The van der Waals surface area contributed by atoms with Crippen LogP contribution in [0.4, 0.5) is 17.1 Å². The van der Waals surface area contributed by atoms with Crippen LogP contribution < -0.4 is 11.2 Å². The van der Waals surface area contributed by atoms with E-state index in [2.05, 4.69) is 15.8 Å². The zero-order valence-corrected chi connectivity index (χ0v) is 12.7. The first-order chi connectivity index (χ1) is 10.8. The van der Waals surface area contributed by atoms with E-state index < -0.39 is 0 Å². The van der Waals surface area contributed by atoms with E-state index in [1.807, 2.05) is 42.5 Å². The quantitative estimate of drug-likeness (QED) is 0.464. The summed E-state index contributed by atoms with van der Waals surface area (Å²) >= 11 is 0. The zero-order valence-electron chi connectivity index (χ0n) is 12.7. The lowest BCUT2D eigenvalue weighted by atomic mass is 10.1. The summed E-state index contributed by atoms with van der Waals surface area (Å²) < 4.78 is 10.3. The maximum absolute atomic E-state index is 5.95. The number of nitrogens with two attached hydrogens (primary N) is 1. The van der Waals surface area contributed by atoms with Gasteiger partial charge in [0.1, 0.15) is 0 Å². The fourth-order valence-corrected chi connectivity index (χ4v) is 2.03. The zero-order chi connectivity index (χ0) is 15.8. The number of anilines is 2. The second kappa shape index (κ2) is 8.11. The Morgan fingerprint density at radius 3 is 2.55 bits per heavy atom. The molecule has 0 aliphatic rings. The van der Waals surface area contributed by atoms with Crippen LogP contribution in [-0.2, 0) is 22.7 Å². The monoisotopic (exact) mass is 300 g/mol. The summed E-state index contributed by atoms with van der Waals surface area (Å²) in [6.07, 6.45) is 0. The Kier molecular flexibility index (Phi) is 5.88. The van der Waals surface area contributed by atoms with E-state index in [1.165, 1.54) is 0 Å². The third-order valence-electron chi connectivity index (χ3n) is 3.12. The average Bonchev–Trinajstić information content (AvgIpc) is 2.52. The fraction of sp³-hybridized carbons (Fsp3) is 0.250. The molecule has 0 aromatic heterocycles. The minimum absolute atomic E-state index is 0.408. The Labute approximate surface area is 129 Å². The fourth-order valence-electron chi connectivity index (χ4n) is 2.03. The third-order valence-corrected chi connectivity index (χ3v) is 3.12. The first kappa shape index (κ1) is 15.9. The molecule has 0 saturated heterocycles. The number of benzene rings is 2. The molecule has 2 aromatic rings. The van der Waals surface area contributed by atoms with E-state index >= 15 is 0 Å². The van der Waals surface area contributed by atoms with Crippen molar-refractivity contribution in [2.75, 3.05) is 25.4 Å². The van der Waals surface area contributed by atoms with E-state index in [0.29, 0.717) is 18.9 Å². The van der Waals surface area contributed by atoms with Gasteiger partial charge in [0.05, 0.1) is 24.6 Å². The summed E-state index contributed by atoms with van der Waals surface area (Å²) in [5.74, 6) is 0. The standard InChI is InChI=1S/C16H20N4O2/c1-21-10-12-6-3-4-8-15(12)18-20-19-16-9-5-7-14(17)13(16)11-22-2/h3-9H,10-11,17H2,1-2H3,(H,18,19). The molecule has 0 bridgehead atoms. The molecular formula is C16H20N4O2. The van der Waals surface area contributed by atoms with Gasteiger partial charge in [0, 0.05) is 31.0 Å². The summed E-state index contributed by atoms with van der Waals surface area (Å²) in [6.45, 7) is 0.896. The van der Waals surface area contributed by atoms with Gasteiger partial charge >= 0.3 is 0 Å². The van der Waals surface area contributed by atoms with Crippen LogP contribution in [0.1, 0.15) is 11.1 Å². The van der Waals surface area contributed by atoms with Gasteiger partial charge in [-0.25, -0.2) is 0 Å². The highest BCUT2D eigenvalue weighted by atomic mass is 16.5. The van der Waals surface area contributed by atoms with Crippen molar-refractivity contribution in [2.45, 2.75) is 13.2 Å². The Hall–Kier alpha value is -2.44. The topological polar surface area (TPSA) is 81.2 Å². The molecule has 0 atom stereocenters. The molecule has 0 heterocycles. The minimum Gasteiger partial charge on any atom is -0.398 e. The van der Waals surface area contributed by atoms with Crippen molar-refractivity contribution >= 4 is 17.1 Å². The predicted octanol–water partition coefficient (Wildman–Crippen LogP) is 3.67. The predicted molar refractivity (Wildman–Crippen MR) is 86.9 cm³/mol. The highest BCUT2D eigenvalue weighted by molar-refractivity contribution is 5.63. The molecule has 2 aromatic carbocycles. The number of hydrogen-bond donors (Lipinski definition) is 2. The first-order valence-corrected chi connectivity index (χ1v) is 6.86. The van der Waals surface area contributed by atoms with Crippen LogP contribution in [0.25, 0.3) is 0 Å². The van der Waals surface area contributed by atoms with Gasteiger partial charge in [0.2, 0.25) is 0 Å². The number of rotatable bonds is 7. The molecule has 3 N–H and O–H groups in total. The molecule has 2 rings (SSSR count). The lowest BCUT2D eigenvalue weighted by Gasteiger charge is -2.10. The lowest BCUT2D eigenvalue weighted by molar-refractivity contribution is 0.185. The number of nitrogens with zero attached hydrogens (tertiary/aromatic N) is 2. The van der Waals surface area contributed by atoms with E-state index in [4.69, 9.17) is 15.2 Å². The summed E-state index contributed by atoms with van der Waals surface area (Å²) in [4.78, 5) is 0. The Morgan fingerprint density at radius 1 is 1.00 bits per heavy atom. The molecule has 0 aliphatic carbocycles. The van der Waals surface area contributed by atoms with Crippen LogP contribution in [0.15, 0.2) is 52.8 Å². The van der Waals surface area contributed by atoms with Gasteiger partial charge in [-0.15, -0.1) is 5.11 Å². The van der Waals surface area contributed by atoms with Gasteiger partial charge < -0.3 is 15.2 Å². The van der Waals surface area contributed by atoms with Gasteiger partial charge in [-0.3, -0.25) is 5.43 Å². The highest BCUT2D eigenvalue weighted by Gasteiger charge is 2.05. The molecule has 6 nitrogen and oxygen atoms in total. The number of ether oxygens (including phenoxy) is 2.